The third kappa shape index (κ3) is 4.54. The standard InChI is InChI=1S/C16H17FN2O2S/c1-11(9-20)19-15(21)14-3-2-8-18-16(14)22-10-12-4-6-13(17)7-5-12/h2-8,11,20H,9-10H2,1H3,(H,19,21)/t11-/m0/s1. The van der Waals surface area contributed by atoms with E-state index in [4.69, 9.17) is 5.11 Å². The van der Waals surface area contributed by atoms with E-state index in [0.717, 1.165) is 5.56 Å². The maximum atomic E-state index is 12.9. The van der Waals surface area contributed by atoms with E-state index in [1.165, 1.54) is 23.9 Å². The first kappa shape index (κ1) is 16.5. The Balaban J connectivity index is 2.07. The van der Waals surface area contributed by atoms with E-state index in [1.807, 2.05) is 0 Å². The van der Waals surface area contributed by atoms with Crippen LogP contribution in [-0.4, -0.2) is 28.6 Å². The Morgan fingerprint density at radius 3 is 2.77 bits per heavy atom. The number of hydrogen-bond acceptors (Lipinski definition) is 4. The molecule has 4 nitrogen and oxygen atoms in total. The van der Waals surface area contributed by atoms with Crippen LogP contribution in [0.25, 0.3) is 0 Å². The van der Waals surface area contributed by atoms with Gasteiger partial charge in [-0.2, -0.15) is 0 Å². The Hall–Kier alpha value is -1.92. The molecule has 0 aliphatic carbocycles. The van der Waals surface area contributed by atoms with Crippen molar-refractivity contribution in [3.05, 3.63) is 59.5 Å². The summed E-state index contributed by atoms with van der Waals surface area (Å²) < 4.78 is 12.9. The van der Waals surface area contributed by atoms with Crippen LogP contribution in [0.4, 0.5) is 4.39 Å². The maximum absolute atomic E-state index is 12.9. The van der Waals surface area contributed by atoms with Crippen LogP contribution in [0, 0.1) is 5.82 Å². The highest BCUT2D eigenvalue weighted by molar-refractivity contribution is 7.98. The molecule has 2 rings (SSSR count). The fourth-order valence-electron chi connectivity index (χ4n) is 1.76. The molecule has 0 saturated carbocycles. The lowest BCUT2D eigenvalue weighted by molar-refractivity contribution is 0.0918. The van der Waals surface area contributed by atoms with E-state index in [0.29, 0.717) is 16.3 Å². The molecule has 1 aromatic heterocycles. The van der Waals surface area contributed by atoms with Crippen molar-refractivity contribution in [1.29, 1.82) is 0 Å². The number of aliphatic hydroxyl groups is 1. The minimum absolute atomic E-state index is 0.121. The molecule has 0 aliphatic heterocycles. The molecule has 0 saturated heterocycles. The first-order valence-electron chi connectivity index (χ1n) is 6.84. The molecule has 0 aliphatic rings. The molecule has 116 valence electrons. The van der Waals surface area contributed by atoms with Gasteiger partial charge in [-0.25, -0.2) is 9.37 Å². The number of aromatic nitrogens is 1. The summed E-state index contributed by atoms with van der Waals surface area (Å²) in [5.41, 5.74) is 1.42. The van der Waals surface area contributed by atoms with Crippen molar-refractivity contribution in [1.82, 2.24) is 10.3 Å². The zero-order valence-corrected chi connectivity index (χ0v) is 12.9. The molecule has 2 N–H and O–H groups in total. The summed E-state index contributed by atoms with van der Waals surface area (Å²) in [6.45, 7) is 1.60. The quantitative estimate of drug-likeness (QED) is 0.803. The van der Waals surface area contributed by atoms with Gasteiger partial charge in [0.15, 0.2) is 0 Å². The van der Waals surface area contributed by atoms with Gasteiger partial charge in [0.1, 0.15) is 10.8 Å². The number of amides is 1. The summed E-state index contributed by atoms with van der Waals surface area (Å²) >= 11 is 1.41. The second-order valence-corrected chi connectivity index (χ2v) is 5.79. The second kappa shape index (κ2) is 7.91. The van der Waals surface area contributed by atoms with Crippen LogP contribution in [0.3, 0.4) is 0 Å². The molecule has 2 aromatic rings. The van der Waals surface area contributed by atoms with E-state index in [1.54, 1.807) is 37.4 Å². The number of benzene rings is 1. The minimum atomic E-state index is -0.317. The summed E-state index contributed by atoms with van der Waals surface area (Å²) in [4.78, 5) is 16.4. The zero-order valence-electron chi connectivity index (χ0n) is 12.1. The summed E-state index contributed by atoms with van der Waals surface area (Å²) in [6, 6.07) is 9.30. The predicted molar refractivity (Wildman–Crippen MR) is 84.2 cm³/mol. The molecule has 0 spiro atoms. The van der Waals surface area contributed by atoms with Crippen LogP contribution >= 0.6 is 11.8 Å². The van der Waals surface area contributed by atoms with Crippen LogP contribution in [0.5, 0.6) is 0 Å². The molecule has 0 fully saturated rings. The number of nitrogens with one attached hydrogen (secondary N) is 1. The molecule has 1 heterocycles. The molecule has 1 aromatic carbocycles. The molecule has 1 amide bonds. The number of carbonyl (C=O) groups excluding carboxylic acids is 1. The van der Waals surface area contributed by atoms with Crippen LogP contribution < -0.4 is 5.32 Å². The SMILES string of the molecule is C[C@@H](CO)NC(=O)c1cccnc1SCc1ccc(F)cc1. The molecule has 0 radical (unpaired) electrons. The third-order valence-corrected chi connectivity index (χ3v) is 4.03. The van der Waals surface area contributed by atoms with Crippen molar-refractivity contribution >= 4 is 17.7 Å². The van der Waals surface area contributed by atoms with Crippen molar-refractivity contribution in [2.75, 3.05) is 6.61 Å². The zero-order chi connectivity index (χ0) is 15.9. The fourth-order valence-corrected chi connectivity index (χ4v) is 2.71. The summed E-state index contributed by atoms with van der Waals surface area (Å²) in [5, 5.41) is 12.3. The van der Waals surface area contributed by atoms with E-state index in [2.05, 4.69) is 10.3 Å². The van der Waals surface area contributed by atoms with Gasteiger partial charge < -0.3 is 10.4 Å². The van der Waals surface area contributed by atoms with E-state index in [-0.39, 0.29) is 24.4 Å². The molecular formula is C16H17FN2O2S. The Labute approximate surface area is 132 Å². The average Bonchev–Trinajstić information content (AvgIpc) is 2.54. The first-order valence-corrected chi connectivity index (χ1v) is 7.82. The number of carbonyl (C=O) groups is 1. The molecule has 0 bridgehead atoms. The summed E-state index contributed by atoms with van der Waals surface area (Å²) in [6.07, 6.45) is 1.62. The summed E-state index contributed by atoms with van der Waals surface area (Å²) in [7, 11) is 0. The lowest BCUT2D eigenvalue weighted by Crippen LogP contribution is -2.35. The molecule has 0 unspecified atom stereocenters. The maximum Gasteiger partial charge on any atom is 0.254 e. The van der Waals surface area contributed by atoms with Gasteiger partial charge in [-0.3, -0.25) is 4.79 Å². The van der Waals surface area contributed by atoms with Gasteiger partial charge in [0, 0.05) is 18.0 Å². The molecule has 22 heavy (non-hydrogen) atoms. The average molecular weight is 320 g/mol. The number of thioether (sulfide) groups is 1. The highest BCUT2D eigenvalue weighted by Crippen LogP contribution is 2.24. The predicted octanol–water partition coefficient (Wildman–Crippen LogP) is 2.62. The van der Waals surface area contributed by atoms with Crippen molar-refractivity contribution in [2.45, 2.75) is 23.7 Å². The number of pyridine rings is 1. The summed E-state index contributed by atoms with van der Waals surface area (Å²) in [5.74, 6) is 0.0496. The molecule has 1 atom stereocenters. The van der Waals surface area contributed by atoms with Crippen LogP contribution in [-0.2, 0) is 5.75 Å². The van der Waals surface area contributed by atoms with Gasteiger partial charge >= 0.3 is 0 Å². The molecular weight excluding hydrogens is 303 g/mol. The number of hydrogen-bond donors (Lipinski definition) is 2. The number of rotatable bonds is 6. The second-order valence-electron chi connectivity index (χ2n) is 4.83. The van der Waals surface area contributed by atoms with Crippen molar-refractivity contribution in [3.8, 4) is 0 Å². The number of nitrogens with zero attached hydrogens (tertiary/aromatic N) is 1. The van der Waals surface area contributed by atoms with Crippen LogP contribution in [0.2, 0.25) is 0 Å². The highest BCUT2D eigenvalue weighted by Gasteiger charge is 2.14. The lowest BCUT2D eigenvalue weighted by atomic mass is 10.2. The molecule has 6 heteroatoms. The Morgan fingerprint density at radius 1 is 1.36 bits per heavy atom. The van der Waals surface area contributed by atoms with Crippen LogP contribution in [0.1, 0.15) is 22.8 Å². The minimum Gasteiger partial charge on any atom is -0.394 e. The number of halogens is 1. The Morgan fingerprint density at radius 2 is 2.09 bits per heavy atom. The smallest absolute Gasteiger partial charge is 0.254 e. The largest absolute Gasteiger partial charge is 0.394 e. The van der Waals surface area contributed by atoms with E-state index < -0.39 is 0 Å². The fraction of sp³-hybridized carbons (Fsp3) is 0.250. The van der Waals surface area contributed by atoms with Gasteiger partial charge in [0.2, 0.25) is 0 Å². The van der Waals surface area contributed by atoms with Gasteiger partial charge in [-0.1, -0.05) is 12.1 Å². The Bertz CT molecular complexity index is 634. The van der Waals surface area contributed by atoms with Crippen molar-refractivity contribution in [3.63, 3.8) is 0 Å². The van der Waals surface area contributed by atoms with Gasteiger partial charge in [-0.05, 0) is 36.8 Å². The van der Waals surface area contributed by atoms with Crippen LogP contribution in [0.15, 0.2) is 47.6 Å². The first-order chi connectivity index (χ1) is 10.6. The van der Waals surface area contributed by atoms with Gasteiger partial charge in [-0.15, -0.1) is 11.8 Å². The van der Waals surface area contributed by atoms with E-state index in [9.17, 15) is 9.18 Å². The third-order valence-electron chi connectivity index (χ3n) is 2.96. The lowest BCUT2D eigenvalue weighted by Gasteiger charge is -2.12. The normalized spacial score (nSPS) is 12.0. The number of aliphatic hydroxyl groups excluding tert-OH is 1. The topological polar surface area (TPSA) is 62.2 Å². The van der Waals surface area contributed by atoms with Crippen molar-refractivity contribution in [2.24, 2.45) is 0 Å². The highest BCUT2D eigenvalue weighted by atomic mass is 32.2. The van der Waals surface area contributed by atoms with Gasteiger partial charge in [0.05, 0.1) is 12.2 Å². The van der Waals surface area contributed by atoms with Gasteiger partial charge in [0.25, 0.3) is 5.91 Å². The van der Waals surface area contributed by atoms with E-state index >= 15 is 0 Å². The monoisotopic (exact) mass is 320 g/mol. The van der Waals surface area contributed by atoms with Crippen molar-refractivity contribution < 1.29 is 14.3 Å². The Kier molecular flexibility index (Phi) is 5.91.